The van der Waals surface area contributed by atoms with Crippen LogP contribution in [0.4, 0.5) is 0 Å². The Labute approximate surface area is 136 Å². The van der Waals surface area contributed by atoms with E-state index in [4.69, 9.17) is 0 Å². The molecular weight excluding hydrogens is 324 g/mol. The lowest BCUT2D eigenvalue weighted by Gasteiger charge is -2.22. The minimum absolute atomic E-state index is 0.0476. The van der Waals surface area contributed by atoms with Crippen molar-refractivity contribution in [2.75, 3.05) is 18.8 Å². The number of thioether (sulfide) groups is 1. The summed E-state index contributed by atoms with van der Waals surface area (Å²) in [5, 5.41) is 3.24. The molecule has 1 fully saturated rings. The predicted molar refractivity (Wildman–Crippen MR) is 91.7 cm³/mol. The van der Waals surface area contributed by atoms with Crippen LogP contribution < -0.4 is 10.0 Å². The largest absolute Gasteiger partial charge is 0.312 e. The van der Waals surface area contributed by atoms with Crippen molar-refractivity contribution in [3.8, 4) is 0 Å². The van der Waals surface area contributed by atoms with Gasteiger partial charge in [0.05, 0.1) is 0 Å². The fourth-order valence-electron chi connectivity index (χ4n) is 2.33. The Hall–Kier alpha value is -0.0800. The van der Waals surface area contributed by atoms with Crippen LogP contribution in [0.3, 0.4) is 0 Å². The summed E-state index contributed by atoms with van der Waals surface area (Å²) < 4.78 is 28.2. The van der Waals surface area contributed by atoms with Gasteiger partial charge in [0.25, 0.3) is 0 Å². The molecule has 1 aliphatic rings. The van der Waals surface area contributed by atoms with E-state index < -0.39 is 10.0 Å². The third-order valence-corrected chi connectivity index (χ3v) is 8.39. The van der Waals surface area contributed by atoms with Gasteiger partial charge in [-0.3, -0.25) is 0 Å². The average molecular weight is 349 g/mol. The van der Waals surface area contributed by atoms with Gasteiger partial charge in [-0.1, -0.05) is 6.92 Å². The highest BCUT2D eigenvalue weighted by atomic mass is 32.2. The summed E-state index contributed by atoms with van der Waals surface area (Å²) in [4.78, 5) is 1.10. The lowest BCUT2D eigenvalue weighted by molar-refractivity contribution is 0.554. The van der Waals surface area contributed by atoms with Crippen LogP contribution in [0.25, 0.3) is 0 Å². The highest BCUT2D eigenvalue weighted by Crippen LogP contribution is 2.37. The first-order chi connectivity index (χ1) is 9.86. The van der Waals surface area contributed by atoms with E-state index in [1.165, 1.54) is 17.8 Å². The normalized spacial score (nSPS) is 22.8. The van der Waals surface area contributed by atoms with E-state index >= 15 is 0 Å². The number of rotatable bonds is 7. The number of nitrogens with one attached hydrogen (secondary N) is 2. The highest BCUT2D eigenvalue weighted by Gasteiger charge is 2.31. The smallest absolute Gasteiger partial charge is 0.250 e. The standard InChI is InChI=1S/C14H24N2O2S3/c1-4-15-9-12-11(2)8-13(20-12)21(17,18)16-10-14(3)6-5-7-19-14/h8,15-16H,4-7,9-10H2,1-3H3. The van der Waals surface area contributed by atoms with Crippen LogP contribution in [0.5, 0.6) is 0 Å². The molecule has 1 atom stereocenters. The van der Waals surface area contributed by atoms with Gasteiger partial charge in [-0.05, 0) is 50.6 Å². The second-order valence-electron chi connectivity index (χ2n) is 5.68. The molecule has 2 rings (SSSR count). The first kappa shape index (κ1) is 17.3. The summed E-state index contributed by atoms with van der Waals surface area (Å²) in [6.07, 6.45) is 2.25. The summed E-state index contributed by atoms with van der Waals surface area (Å²) in [5.41, 5.74) is 1.04. The van der Waals surface area contributed by atoms with Gasteiger partial charge in [-0.2, -0.15) is 11.8 Å². The Kier molecular flexibility index (Phi) is 5.76. The topological polar surface area (TPSA) is 58.2 Å². The van der Waals surface area contributed by atoms with E-state index in [1.54, 1.807) is 6.07 Å². The summed E-state index contributed by atoms with van der Waals surface area (Å²) in [6, 6.07) is 1.78. The third-order valence-electron chi connectivity index (χ3n) is 3.74. The van der Waals surface area contributed by atoms with E-state index in [0.29, 0.717) is 10.8 Å². The number of hydrogen-bond donors (Lipinski definition) is 2. The maximum absolute atomic E-state index is 12.4. The molecule has 4 nitrogen and oxygen atoms in total. The molecule has 0 amide bonds. The lowest BCUT2D eigenvalue weighted by atomic mass is 10.1. The van der Waals surface area contributed by atoms with Gasteiger partial charge in [-0.25, -0.2) is 13.1 Å². The molecule has 2 heterocycles. The third kappa shape index (κ3) is 4.45. The molecule has 0 spiro atoms. The van der Waals surface area contributed by atoms with Gasteiger partial charge < -0.3 is 5.32 Å². The van der Waals surface area contributed by atoms with E-state index in [9.17, 15) is 8.42 Å². The van der Waals surface area contributed by atoms with Crippen LogP contribution in [0, 0.1) is 6.92 Å². The summed E-state index contributed by atoms with van der Waals surface area (Å²) >= 11 is 3.23. The molecule has 1 aliphatic heterocycles. The Balaban J connectivity index is 2.05. The molecule has 21 heavy (non-hydrogen) atoms. The quantitative estimate of drug-likeness (QED) is 0.795. The number of sulfonamides is 1. The van der Waals surface area contributed by atoms with Crippen molar-refractivity contribution >= 4 is 33.1 Å². The van der Waals surface area contributed by atoms with Gasteiger partial charge in [0.2, 0.25) is 10.0 Å². The molecule has 0 aliphatic carbocycles. The van der Waals surface area contributed by atoms with E-state index in [0.717, 1.165) is 35.7 Å². The van der Waals surface area contributed by atoms with Crippen molar-refractivity contribution in [3.05, 3.63) is 16.5 Å². The molecule has 120 valence electrons. The second-order valence-corrected chi connectivity index (χ2v) is 10.5. The van der Waals surface area contributed by atoms with E-state index in [1.807, 2.05) is 25.6 Å². The van der Waals surface area contributed by atoms with Crippen molar-refractivity contribution in [1.82, 2.24) is 10.0 Å². The maximum atomic E-state index is 12.4. The van der Waals surface area contributed by atoms with Crippen LogP contribution in [0.15, 0.2) is 10.3 Å². The molecule has 2 N–H and O–H groups in total. The number of hydrogen-bond acceptors (Lipinski definition) is 5. The average Bonchev–Trinajstić information content (AvgIpc) is 3.02. The molecule has 0 radical (unpaired) electrons. The molecule has 1 aromatic heterocycles. The summed E-state index contributed by atoms with van der Waals surface area (Å²) in [5.74, 6) is 1.13. The zero-order valence-corrected chi connectivity index (χ0v) is 15.3. The van der Waals surface area contributed by atoms with Gasteiger partial charge in [-0.15, -0.1) is 11.3 Å². The Bertz CT molecular complexity index is 575. The SMILES string of the molecule is CCNCc1sc(S(=O)(=O)NCC2(C)CCCS2)cc1C. The highest BCUT2D eigenvalue weighted by molar-refractivity contribution is 8.01. The minimum atomic E-state index is -3.39. The van der Waals surface area contributed by atoms with Crippen LogP contribution in [-0.2, 0) is 16.6 Å². The van der Waals surface area contributed by atoms with Gasteiger partial charge in [0, 0.05) is 22.7 Å². The van der Waals surface area contributed by atoms with Crippen molar-refractivity contribution in [1.29, 1.82) is 0 Å². The molecule has 1 saturated heterocycles. The van der Waals surface area contributed by atoms with Crippen molar-refractivity contribution < 1.29 is 8.42 Å². The molecule has 0 aromatic carbocycles. The summed E-state index contributed by atoms with van der Waals surface area (Å²) in [6.45, 7) is 8.28. The fourth-order valence-corrected chi connectivity index (χ4v) is 6.44. The minimum Gasteiger partial charge on any atom is -0.312 e. The molecule has 1 unspecified atom stereocenters. The fraction of sp³-hybridized carbons (Fsp3) is 0.714. The van der Waals surface area contributed by atoms with Crippen molar-refractivity contribution in [2.45, 2.75) is 49.1 Å². The zero-order chi connectivity index (χ0) is 15.5. The van der Waals surface area contributed by atoms with Crippen LogP contribution in [0.1, 0.15) is 37.1 Å². The Morgan fingerprint density at radius 2 is 2.19 bits per heavy atom. The van der Waals surface area contributed by atoms with Crippen LogP contribution >= 0.6 is 23.1 Å². The Morgan fingerprint density at radius 1 is 1.43 bits per heavy atom. The predicted octanol–water partition coefficient (Wildman–Crippen LogP) is 2.73. The Morgan fingerprint density at radius 3 is 2.81 bits per heavy atom. The van der Waals surface area contributed by atoms with Gasteiger partial charge in [0.1, 0.15) is 4.21 Å². The van der Waals surface area contributed by atoms with Crippen molar-refractivity contribution in [2.24, 2.45) is 0 Å². The van der Waals surface area contributed by atoms with Crippen LogP contribution in [-0.4, -0.2) is 32.0 Å². The summed E-state index contributed by atoms with van der Waals surface area (Å²) in [7, 11) is -3.39. The zero-order valence-electron chi connectivity index (χ0n) is 12.9. The first-order valence-electron chi connectivity index (χ1n) is 7.30. The lowest BCUT2D eigenvalue weighted by Crippen LogP contribution is -2.36. The second kappa shape index (κ2) is 7.00. The molecular formula is C14H24N2O2S3. The van der Waals surface area contributed by atoms with Crippen molar-refractivity contribution in [3.63, 3.8) is 0 Å². The monoisotopic (exact) mass is 348 g/mol. The molecule has 1 aromatic rings. The van der Waals surface area contributed by atoms with Gasteiger partial charge in [0.15, 0.2) is 0 Å². The van der Waals surface area contributed by atoms with Gasteiger partial charge >= 0.3 is 0 Å². The van der Waals surface area contributed by atoms with Crippen LogP contribution in [0.2, 0.25) is 0 Å². The van der Waals surface area contributed by atoms with E-state index in [-0.39, 0.29) is 4.75 Å². The molecule has 0 bridgehead atoms. The maximum Gasteiger partial charge on any atom is 0.250 e. The number of aryl methyl sites for hydroxylation is 1. The molecule has 7 heteroatoms. The molecule has 0 saturated carbocycles. The van der Waals surface area contributed by atoms with E-state index in [2.05, 4.69) is 17.0 Å². The number of thiophene rings is 1. The first-order valence-corrected chi connectivity index (χ1v) is 10.6.